The summed E-state index contributed by atoms with van der Waals surface area (Å²) in [5.41, 5.74) is 4.87. The lowest BCUT2D eigenvalue weighted by Gasteiger charge is -2.36. The molecule has 1 saturated carbocycles. The van der Waals surface area contributed by atoms with Gasteiger partial charge in [0.25, 0.3) is 0 Å². The van der Waals surface area contributed by atoms with Gasteiger partial charge in [-0.2, -0.15) is 15.1 Å². The summed E-state index contributed by atoms with van der Waals surface area (Å²) >= 11 is 0. The number of rotatable bonds is 9. The highest BCUT2D eigenvalue weighted by atomic mass is 19.1. The number of amides is 1. The second kappa shape index (κ2) is 14.1. The highest BCUT2D eigenvalue weighted by molar-refractivity contribution is 6.06. The Hall–Kier alpha value is -5.01. The molecule has 3 atom stereocenters. The van der Waals surface area contributed by atoms with Crippen LogP contribution in [0.4, 0.5) is 15.0 Å². The number of anilines is 1. The molecule has 5 fully saturated rings. The second-order valence-corrected chi connectivity index (χ2v) is 17.3. The summed E-state index contributed by atoms with van der Waals surface area (Å²) in [5, 5.41) is 6.51. The fourth-order valence-electron chi connectivity index (χ4n) is 8.96. The Morgan fingerprint density at radius 3 is 2.49 bits per heavy atom. The van der Waals surface area contributed by atoms with Crippen LogP contribution >= 0.6 is 0 Å². The fraction of sp³-hybridized carbons (Fsp3) is 0.500. The Bertz CT molecular complexity index is 2350. The van der Waals surface area contributed by atoms with Crippen LogP contribution in [0.15, 0.2) is 48.7 Å². The van der Waals surface area contributed by atoms with Gasteiger partial charge in [-0.05, 0) is 94.9 Å². The highest BCUT2D eigenvalue weighted by Gasteiger charge is 2.48. The van der Waals surface area contributed by atoms with Gasteiger partial charge in [-0.15, -0.1) is 0 Å². The lowest BCUT2D eigenvalue weighted by Crippen LogP contribution is -2.50. The van der Waals surface area contributed by atoms with Gasteiger partial charge < -0.3 is 33.5 Å². The summed E-state index contributed by atoms with van der Waals surface area (Å²) in [7, 11) is 0. The Morgan fingerprint density at radius 1 is 0.982 bits per heavy atom. The van der Waals surface area contributed by atoms with Gasteiger partial charge in [0.2, 0.25) is 0 Å². The second-order valence-electron chi connectivity index (χ2n) is 17.3. The molecule has 2 bridgehead atoms. The standard InChI is InChI=1S/C44H49FN6O6/c1-25-34(45)18-35-33(19-46-51(35)36-12-8-9-15-54-36)37(25)38-31(27-13-14-27)17-32-39(40(38)55-22-26-10-6-5-7-11-26)47-42(56-30-23-53-24-30)48-41(32)49-20-29-16-28(49)21-50(29)43(52)57-44(2,3)4/h5-7,10-11,17-19,27-30,36H,8-9,12-16,20-24H2,1-4H3/t28-,29-,36?/m0/s1. The minimum absolute atomic E-state index is 0.0242. The van der Waals surface area contributed by atoms with Crippen molar-refractivity contribution in [3.63, 3.8) is 0 Å². The molecule has 4 aliphatic heterocycles. The molecule has 298 valence electrons. The number of carbonyl (C=O) groups excluding carboxylic acids is 1. The van der Waals surface area contributed by atoms with Crippen molar-refractivity contribution in [1.29, 1.82) is 0 Å². The average Bonchev–Trinajstić information content (AvgIpc) is 3.62. The van der Waals surface area contributed by atoms with Crippen LogP contribution in [0.2, 0.25) is 0 Å². The zero-order chi connectivity index (χ0) is 39.0. The molecule has 0 radical (unpaired) electrons. The Labute approximate surface area is 331 Å². The third-order valence-corrected chi connectivity index (χ3v) is 12.0. The van der Waals surface area contributed by atoms with Crippen LogP contribution in [0.3, 0.4) is 0 Å². The van der Waals surface area contributed by atoms with Crippen LogP contribution in [-0.2, 0) is 20.8 Å². The van der Waals surface area contributed by atoms with Crippen LogP contribution in [0, 0.1) is 12.7 Å². The maximum absolute atomic E-state index is 16.4. The maximum atomic E-state index is 16.4. The van der Waals surface area contributed by atoms with Gasteiger partial charge in [-0.3, -0.25) is 0 Å². The molecule has 0 N–H and O–H groups in total. The van der Waals surface area contributed by atoms with Gasteiger partial charge in [0.1, 0.15) is 35.5 Å². The lowest BCUT2D eigenvalue weighted by atomic mass is 9.88. The van der Waals surface area contributed by atoms with Crippen molar-refractivity contribution in [3.8, 4) is 22.9 Å². The molecule has 1 unspecified atom stereocenters. The van der Waals surface area contributed by atoms with Crippen molar-refractivity contribution in [2.75, 3.05) is 37.8 Å². The molecule has 12 nitrogen and oxygen atoms in total. The molecule has 0 spiro atoms. The monoisotopic (exact) mass is 776 g/mol. The van der Waals surface area contributed by atoms with Crippen LogP contribution in [0.5, 0.6) is 11.8 Å². The molecule has 1 aliphatic carbocycles. The Morgan fingerprint density at radius 2 is 1.81 bits per heavy atom. The van der Waals surface area contributed by atoms with E-state index >= 15 is 4.39 Å². The summed E-state index contributed by atoms with van der Waals surface area (Å²) in [5.74, 6) is 1.23. The minimum atomic E-state index is -0.583. The van der Waals surface area contributed by atoms with E-state index in [1.54, 1.807) is 6.07 Å². The fourth-order valence-corrected chi connectivity index (χ4v) is 8.96. The van der Waals surface area contributed by atoms with E-state index in [4.69, 9.17) is 38.8 Å². The van der Waals surface area contributed by atoms with Gasteiger partial charge in [0.15, 0.2) is 12.0 Å². The van der Waals surface area contributed by atoms with Crippen molar-refractivity contribution in [3.05, 3.63) is 71.2 Å². The molecule has 13 heteroatoms. The first kappa shape index (κ1) is 36.3. The molecular formula is C44H49FN6O6. The molecule has 57 heavy (non-hydrogen) atoms. The first-order chi connectivity index (χ1) is 27.6. The Kier molecular flexibility index (Phi) is 9.00. The number of carbonyl (C=O) groups is 1. The number of likely N-dealkylation sites (tertiary alicyclic amines) is 1. The molecule has 5 aromatic rings. The number of halogens is 1. The van der Waals surface area contributed by atoms with Gasteiger partial charge in [-0.25, -0.2) is 13.9 Å². The first-order valence-corrected chi connectivity index (χ1v) is 20.4. The SMILES string of the molecule is Cc1c(F)cc2c(cnn2C2CCCCO2)c1-c1c(C2CC2)cc2c(N3C[C@@H]4C[C@H]3CN4C(=O)OC(C)(C)C)nc(OC3COC3)nc2c1OCc1ccccc1. The quantitative estimate of drug-likeness (QED) is 0.145. The number of benzene rings is 3. The molecule has 1 amide bonds. The van der Waals surface area contributed by atoms with Gasteiger partial charge in [0, 0.05) is 47.7 Å². The van der Waals surface area contributed by atoms with E-state index in [0.717, 1.165) is 77.4 Å². The molecule has 4 saturated heterocycles. The summed E-state index contributed by atoms with van der Waals surface area (Å²) in [6, 6.07) is 14.1. The van der Waals surface area contributed by atoms with Crippen LogP contribution in [0.25, 0.3) is 32.9 Å². The topological polar surface area (TPSA) is 113 Å². The van der Waals surface area contributed by atoms with Crippen molar-refractivity contribution in [2.24, 2.45) is 0 Å². The van der Waals surface area contributed by atoms with Gasteiger partial charge in [-0.1, -0.05) is 30.3 Å². The number of hydrogen-bond donors (Lipinski definition) is 0. The normalized spacial score (nSPS) is 22.4. The molecule has 6 heterocycles. The lowest BCUT2D eigenvalue weighted by molar-refractivity contribution is -0.0829. The number of piperazine rings is 1. The Balaban J connectivity index is 1.17. The van der Waals surface area contributed by atoms with E-state index in [2.05, 4.69) is 11.0 Å². The predicted octanol–water partition coefficient (Wildman–Crippen LogP) is 8.23. The third-order valence-electron chi connectivity index (χ3n) is 12.0. The highest BCUT2D eigenvalue weighted by Crippen LogP contribution is 2.54. The number of aromatic nitrogens is 4. The van der Waals surface area contributed by atoms with E-state index in [-0.39, 0.29) is 54.9 Å². The molecule has 3 aromatic carbocycles. The van der Waals surface area contributed by atoms with Crippen molar-refractivity contribution < 1.29 is 32.9 Å². The van der Waals surface area contributed by atoms with E-state index in [1.807, 2.05) is 73.8 Å². The summed E-state index contributed by atoms with van der Waals surface area (Å²) in [4.78, 5) is 27.7. The number of hydrogen-bond acceptors (Lipinski definition) is 10. The summed E-state index contributed by atoms with van der Waals surface area (Å²) in [6.07, 6.45) is 6.78. The van der Waals surface area contributed by atoms with E-state index in [1.165, 1.54) is 0 Å². The van der Waals surface area contributed by atoms with Gasteiger partial charge in [0.05, 0.1) is 37.0 Å². The third kappa shape index (κ3) is 6.72. The predicted molar refractivity (Wildman–Crippen MR) is 212 cm³/mol. The molecule has 5 aliphatic rings. The largest absolute Gasteiger partial charge is 0.486 e. The molecular weight excluding hydrogens is 728 g/mol. The molecule has 10 rings (SSSR count). The first-order valence-electron chi connectivity index (χ1n) is 20.4. The van der Waals surface area contributed by atoms with Crippen LogP contribution < -0.4 is 14.4 Å². The average molecular weight is 777 g/mol. The van der Waals surface area contributed by atoms with E-state index in [9.17, 15) is 4.79 Å². The van der Waals surface area contributed by atoms with E-state index < -0.39 is 5.60 Å². The summed E-state index contributed by atoms with van der Waals surface area (Å²) < 4.78 is 49.1. The van der Waals surface area contributed by atoms with Crippen molar-refractivity contribution in [1.82, 2.24) is 24.6 Å². The number of nitrogens with zero attached hydrogens (tertiary/aromatic N) is 6. The molecule has 2 aromatic heterocycles. The van der Waals surface area contributed by atoms with Crippen molar-refractivity contribution in [2.45, 2.75) is 109 Å². The zero-order valence-corrected chi connectivity index (χ0v) is 33.0. The van der Waals surface area contributed by atoms with Crippen LogP contribution in [0.1, 0.15) is 88.1 Å². The number of ether oxygens (including phenoxy) is 5. The van der Waals surface area contributed by atoms with Crippen molar-refractivity contribution >= 4 is 33.7 Å². The minimum Gasteiger partial charge on any atom is -0.486 e. The van der Waals surface area contributed by atoms with E-state index in [0.29, 0.717) is 55.3 Å². The van der Waals surface area contributed by atoms with Gasteiger partial charge >= 0.3 is 12.1 Å². The summed E-state index contributed by atoms with van der Waals surface area (Å²) in [6.45, 7) is 10.5. The number of fused-ring (bicyclic) bond motifs is 4. The van der Waals surface area contributed by atoms with Crippen LogP contribution in [-0.4, -0.2) is 87.4 Å². The maximum Gasteiger partial charge on any atom is 0.410 e. The zero-order valence-electron chi connectivity index (χ0n) is 33.0. The smallest absolute Gasteiger partial charge is 0.410 e.